The summed E-state index contributed by atoms with van der Waals surface area (Å²) in [5, 5.41) is 6.26. The van der Waals surface area contributed by atoms with Gasteiger partial charge in [-0.05, 0) is 48.6 Å². The fraction of sp³-hybridized carbons (Fsp3) is 0.381. The van der Waals surface area contributed by atoms with Gasteiger partial charge >= 0.3 is 0 Å². The Labute approximate surface area is 150 Å². The first-order valence-electron chi connectivity index (χ1n) is 8.75. The molecule has 0 saturated carbocycles. The van der Waals surface area contributed by atoms with Gasteiger partial charge in [-0.25, -0.2) is 0 Å². The van der Waals surface area contributed by atoms with E-state index >= 15 is 0 Å². The van der Waals surface area contributed by atoms with Gasteiger partial charge in [0.15, 0.2) is 0 Å². The summed E-state index contributed by atoms with van der Waals surface area (Å²) < 4.78 is 5.34. The van der Waals surface area contributed by atoms with E-state index in [1.54, 1.807) is 7.11 Å². The van der Waals surface area contributed by atoms with Crippen molar-refractivity contribution in [3.05, 3.63) is 59.2 Å². The summed E-state index contributed by atoms with van der Waals surface area (Å²) in [7, 11) is 1.67. The highest BCUT2D eigenvalue weighted by Gasteiger charge is 2.11. The van der Waals surface area contributed by atoms with Gasteiger partial charge in [-0.1, -0.05) is 50.2 Å². The lowest BCUT2D eigenvalue weighted by Gasteiger charge is -2.16. The summed E-state index contributed by atoms with van der Waals surface area (Å²) in [5.41, 5.74) is 4.34. The van der Waals surface area contributed by atoms with Crippen LogP contribution in [0.3, 0.4) is 0 Å². The van der Waals surface area contributed by atoms with Crippen molar-refractivity contribution in [2.45, 2.75) is 33.1 Å². The standard InChI is InChI=1S/C21H28N2O2/c1-15(2)18-10-7-8-16(3)21(18)23-20(24)14-22-13-12-17-9-5-6-11-19(17)25-4/h5-11,15,22H,12-14H2,1-4H3,(H,23,24). The van der Waals surface area contributed by atoms with Crippen molar-refractivity contribution in [1.29, 1.82) is 0 Å². The normalized spacial score (nSPS) is 10.8. The number of ether oxygens (including phenoxy) is 1. The predicted molar refractivity (Wildman–Crippen MR) is 103 cm³/mol. The van der Waals surface area contributed by atoms with Crippen molar-refractivity contribution in [3.8, 4) is 5.75 Å². The lowest BCUT2D eigenvalue weighted by Crippen LogP contribution is -2.30. The van der Waals surface area contributed by atoms with Gasteiger partial charge in [0, 0.05) is 5.69 Å². The van der Waals surface area contributed by atoms with Crippen LogP contribution in [0, 0.1) is 6.92 Å². The van der Waals surface area contributed by atoms with Gasteiger partial charge in [0.1, 0.15) is 5.75 Å². The Kier molecular flexibility index (Phi) is 7.02. The van der Waals surface area contributed by atoms with Crippen LogP contribution >= 0.6 is 0 Å². The zero-order valence-electron chi connectivity index (χ0n) is 15.6. The zero-order valence-corrected chi connectivity index (χ0v) is 15.6. The number of aryl methyl sites for hydroxylation is 1. The van der Waals surface area contributed by atoms with Crippen LogP contribution in [0.15, 0.2) is 42.5 Å². The van der Waals surface area contributed by atoms with Crippen molar-refractivity contribution in [2.24, 2.45) is 0 Å². The lowest BCUT2D eigenvalue weighted by molar-refractivity contribution is -0.115. The van der Waals surface area contributed by atoms with Crippen molar-refractivity contribution in [1.82, 2.24) is 5.32 Å². The third-order valence-corrected chi connectivity index (χ3v) is 4.24. The predicted octanol–water partition coefficient (Wildman–Crippen LogP) is 3.90. The molecular weight excluding hydrogens is 312 g/mol. The molecule has 2 rings (SSSR count). The first-order valence-corrected chi connectivity index (χ1v) is 8.75. The van der Waals surface area contributed by atoms with E-state index < -0.39 is 0 Å². The number of benzene rings is 2. The minimum atomic E-state index is -0.0174. The number of carbonyl (C=O) groups excluding carboxylic acids is 1. The van der Waals surface area contributed by atoms with Crippen LogP contribution in [0.25, 0.3) is 0 Å². The van der Waals surface area contributed by atoms with Crippen LogP contribution in [-0.2, 0) is 11.2 Å². The molecule has 0 bridgehead atoms. The molecule has 1 amide bonds. The summed E-state index contributed by atoms with van der Waals surface area (Å²) in [5.74, 6) is 1.24. The molecule has 4 heteroatoms. The van der Waals surface area contributed by atoms with Gasteiger partial charge in [0.25, 0.3) is 0 Å². The zero-order chi connectivity index (χ0) is 18.2. The topological polar surface area (TPSA) is 50.4 Å². The molecule has 0 atom stereocenters. The second-order valence-corrected chi connectivity index (χ2v) is 6.48. The highest BCUT2D eigenvalue weighted by atomic mass is 16.5. The minimum Gasteiger partial charge on any atom is -0.496 e. The summed E-state index contributed by atoms with van der Waals surface area (Å²) in [6.07, 6.45) is 0.818. The fourth-order valence-corrected chi connectivity index (χ4v) is 2.86. The summed E-state index contributed by atoms with van der Waals surface area (Å²) in [4.78, 5) is 12.3. The number of amides is 1. The van der Waals surface area contributed by atoms with Crippen LogP contribution in [-0.4, -0.2) is 26.1 Å². The van der Waals surface area contributed by atoms with E-state index in [9.17, 15) is 4.79 Å². The van der Waals surface area contributed by atoms with E-state index in [2.05, 4.69) is 30.5 Å². The summed E-state index contributed by atoms with van der Waals surface area (Å²) in [6.45, 7) is 7.31. The van der Waals surface area contributed by atoms with Crippen molar-refractivity contribution >= 4 is 11.6 Å². The molecule has 0 aliphatic carbocycles. The van der Waals surface area contributed by atoms with Crippen LogP contribution in [0.5, 0.6) is 5.75 Å². The maximum absolute atomic E-state index is 12.3. The third kappa shape index (κ3) is 5.33. The Morgan fingerprint density at radius 1 is 1.12 bits per heavy atom. The van der Waals surface area contributed by atoms with Crippen molar-refractivity contribution in [3.63, 3.8) is 0 Å². The van der Waals surface area contributed by atoms with E-state index in [-0.39, 0.29) is 5.91 Å². The first-order chi connectivity index (χ1) is 12.0. The Balaban J connectivity index is 1.86. The number of anilines is 1. The molecule has 4 nitrogen and oxygen atoms in total. The largest absolute Gasteiger partial charge is 0.496 e. The molecule has 0 radical (unpaired) electrons. The van der Waals surface area contributed by atoms with E-state index in [1.807, 2.05) is 43.3 Å². The van der Waals surface area contributed by atoms with E-state index in [1.165, 1.54) is 5.56 Å². The van der Waals surface area contributed by atoms with E-state index in [4.69, 9.17) is 4.74 Å². The highest BCUT2D eigenvalue weighted by molar-refractivity contribution is 5.93. The molecule has 134 valence electrons. The molecule has 0 heterocycles. The molecule has 2 aromatic rings. The number of nitrogens with one attached hydrogen (secondary N) is 2. The van der Waals surface area contributed by atoms with E-state index in [0.717, 1.165) is 35.5 Å². The van der Waals surface area contributed by atoms with Gasteiger partial charge < -0.3 is 15.4 Å². The number of para-hydroxylation sites is 2. The molecule has 25 heavy (non-hydrogen) atoms. The molecule has 0 fully saturated rings. The molecule has 0 aliphatic heterocycles. The van der Waals surface area contributed by atoms with Crippen LogP contribution < -0.4 is 15.4 Å². The number of hydrogen-bond acceptors (Lipinski definition) is 3. The number of rotatable bonds is 8. The minimum absolute atomic E-state index is 0.0174. The molecule has 2 N–H and O–H groups in total. The SMILES string of the molecule is COc1ccccc1CCNCC(=O)Nc1c(C)cccc1C(C)C. The monoisotopic (exact) mass is 340 g/mol. The summed E-state index contributed by atoms with van der Waals surface area (Å²) in [6, 6.07) is 14.1. The fourth-order valence-electron chi connectivity index (χ4n) is 2.86. The van der Waals surface area contributed by atoms with Crippen LogP contribution in [0.1, 0.15) is 36.5 Å². The third-order valence-electron chi connectivity index (χ3n) is 4.24. The Morgan fingerprint density at radius 2 is 1.88 bits per heavy atom. The lowest BCUT2D eigenvalue weighted by atomic mass is 9.98. The van der Waals surface area contributed by atoms with Gasteiger partial charge in [0.2, 0.25) is 5.91 Å². The molecule has 0 spiro atoms. The van der Waals surface area contributed by atoms with Crippen molar-refractivity contribution < 1.29 is 9.53 Å². The van der Waals surface area contributed by atoms with Crippen LogP contribution in [0.2, 0.25) is 0 Å². The second kappa shape index (κ2) is 9.23. The van der Waals surface area contributed by atoms with Gasteiger partial charge in [-0.3, -0.25) is 4.79 Å². The second-order valence-electron chi connectivity index (χ2n) is 6.48. The van der Waals surface area contributed by atoms with Crippen molar-refractivity contribution in [2.75, 3.05) is 25.5 Å². The molecule has 0 aliphatic rings. The van der Waals surface area contributed by atoms with Gasteiger partial charge in [-0.2, -0.15) is 0 Å². The smallest absolute Gasteiger partial charge is 0.238 e. The Hall–Kier alpha value is -2.33. The Bertz CT molecular complexity index is 711. The molecule has 0 aromatic heterocycles. The molecule has 0 unspecified atom stereocenters. The quantitative estimate of drug-likeness (QED) is 0.717. The maximum atomic E-state index is 12.3. The first kappa shape index (κ1) is 19.0. The Morgan fingerprint density at radius 3 is 2.60 bits per heavy atom. The maximum Gasteiger partial charge on any atom is 0.238 e. The average Bonchev–Trinajstić information content (AvgIpc) is 2.60. The molecule has 0 saturated heterocycles. The highest BCUT2D eigenvalue weighted by Crippen LogP contribution is 2.27. The van der Waals surface area contributed by atoms with Gasteiger partial charge in [0.05, 0.1) is 13.7 Å². The van der Waals surface area contributed by atoms with E-state index in [0.29, 0.717) is 12.5 Å². The average molecular weight is 340 g/mol. The number of carbonyl (C=O) groups is 1. The van der Waals surface area contributed by atoms with Gasteiger partial charge in [-0.15, -0.1) is 0 Å². The number of methoxy groups -OCH3 is 1. The number of hydrogen-bond donors (Lipinski definition) is 2. The summed E-state index contributed by atoms with van der Waals surface area (Å²) >= 11 is 0. The van der Waals surface area contributed by atoms with Crippen LogP contribution in [0.4, 0.5) is 5.69 Å². The molecular formula is C21H28N2O2. The molecule has 2 aromatic carbocycles.